The molecule has 2 N–H and O–H groups in total. The van der Waals surface area contributed by atoms with E-state index in [2.05, 4.69) is 10.3 Å². The second-order valence-electron chi connectivity index (χ2n) is 4.47. The number of H-pyrrole nitrogens is 1. The van der Waals surface area contributed by atoms with Crippen LogP contribution < -0.4 is 20.3 Å². The lowest BCUT2D eigenvalue weighted by Crippen LogP contribution is -2.17. The predicted molar refractivity (Wildman–Crippen MR) is 89.3 cm³/mol. The fourth-order valence-corrected chi connectivity index (χ4v) is 2.20. The van der Waals surface area contributed by atoms with Gasteiger partial charge in [-0.25, -0.2) is 0 Å². The molecule has 0 radical (unpaired) electrons. The molecule has 2 aromatic rings. The molecule has 0 aliphatic heterocycles. The zero-order chi connectivity index (χ0) is 16.8. The van der Waals surface area contributed by atoms with Crippen LogP contribution in [-0.2, 0) is 4.79 Å². The Balaban J connectivity index is 2.17. The third-order valence-corrected chi connectivity index (χ3v) is 3.24. The van der Waals surface area contributed by atoms with Gasteiger partial charge >= 0.3 is 0 Å². The number of carbonyl (C=O) groups excluding carboxylic acids is 1. The molecule has 0 aliphatic carbocycles. The quantitative estimate of drug-likeness (QED) is 0.824. The van der Waals surface area contributed by atoms with Crippen LogP contribution in [0.4, 0.5) is 5.69 Å². The lowest BCUT2D eigenvalue weighted by atomic mass is 10.2. The van der Waals surface area contributed by atoms with Crippen LogP contribution in [0.1, 0.15) is 5.56 Å². The van der Waals surface area contributed by atoms with Crippen molar-refractivity contribution in [2.45, 2.75) is 0 Å². The Labute approximate surface area is 137 Å². The number of methoxy groups -OCH3 is 2. The van der Waals surface area contributed by atoms with E-state index in [1.165, 1.54) is 32.6 Å². The zero-order valence-corrected chi connectivity index (χ0v) is 13.3. The number of amides is 1. The summed E-state index contributed by atoms with van der Waals surface area (Å²) in [7, 11) is 2.99. The fourth-order valence-electron chi connectivity index (χ4n) is 1.90. The van der Waals surface area contributed by atoms with E-state index in [4.69, 9.17) is 21.1 Å². The molecule has 1 aromatic heterocycles. The Morgan fingerprint density at radius 3 is 2.74 bits per heavy atom. The predicted octanol–water partition coefficient (Wildman–Crippen LogP) is 2.70. The number of benzene rings is 1. The van der Waals surface area contributed by atoms with Crippen molar-refractivity contribution in [1.29, 1.82) is 0 Å². The average Bonchev–Trinajstić information content (AvgIpc) is 2.54. The van der Waals surface area contributed by atoms with Crippen LogP contribution in [0.25, 0.3) is 6.08 Å². The maximum atomic E-state index is 11.9. The number of hydrogen-bond acceptors (Lipinski definition) is 4. The first-order valence-electron chi connectivity index (χ1n) is 6.63. The maximum Gasteiger partial charge on any atom is 0.271 e. The van der Waals surface area contributed by atoms with Crippen molar-refractivity contribution in [3.63, 3.8) is 0 Å². The van der Waals surface area contributed by atoms with E-state index in [1.54, 1.807) is 24.3 Å². The van der Waals surface area contributed by atoms with E-state index in [1.807, 2.05) is 0 Å². The van der Waals surface area contributed by atoms with Gasteiger partial charge in [-0.2, -0.15) is 0 Å². The summed E-state index contributed by atoms with van der Waals surface area (Å²) >= 11 is 6.09. The molecule has 0 aliphatic rings. The molecule has 1 amide bonds. The van der Waals surface area contributed by atoms with Gasteiger partial charge < -0.3 is 19.8 Å². The molecule has 1 aromatic carbocycles. The third kappa shape index (κ3) is 4.14. The molecule has 1 heterocycles. The number of ether oxygens (including phenoxy) is 2. The van der Waals surface area contributed by atoms with Crippen LogP contribution in [0.5, 0.6) is 11.5 Å². The minimum absolute atomic E-state index is 0.174. The van der Waals surface area contributed by atoms with Crippen molar-refractivity contribution in [2.24, 2.45) is 0 Å². The number of pyridine rings is 1. The molecular weight excluding hydrogens is 320 g/mol. The van der Waals surface area contributed by atoms with E-state index in [0.717, 1.165) is 0 Å². The van der Waals surface area contributed by atoms with Crippen LogP contribution in [0.15, 0.2) is 41.3 Å². The Kier molecular flexibility index (Phi) is 5.43. The highest BCUT2D eigenvalue weighted by atomic mass is 35.5. The van der Waals surface area contributed by atoms with Crippen molar-refractivity contribution in [3.8, 4) is 11.5 Å². The molecule has 7 heteroatoms. The lowest BCUT2D eigenvalue weighted by Gasteiger charge is -2.10. The van der Waals surface area contributed by atoms with Crippen LogP contribution >= 0.6 is 11.6 Å². The number of nitrogens with one attached hydrogen (secondary N) is 2. The van der Waals surface area contributed by atoms with Gasteiger partial charge in [0.1, 0.15) is 5.69 Å². The maximum absolute atomic E-state index is 11.9. The van der Waals surface area contributed by atoms with Crippen molar-refractivity contribution < 1.29 is 14.3 Å². The summed E-state index contributed by atoms with van der Waals surface area (Å²) in [5.41, 5.74) is 0.459. The largest absolute Gasteiger partial charge is 0.493 e. The number of aromatic amines is 1. The van der Waals surface area contributed by atoms with Crippen molar-refractivity contribution in [3.05, 3.63) is 57.5 Å². The smallest absolute Gasteiger partial charge is 0.271 e. The molecule has 0 bridgehead atoms. The summed E-state index contributed by atoms with van der Waals surface area (Å²) in [4.78, 5) is 25.8. The summed E-state index contributed by atoms with van der Waals surface area (Å²) < 4.78 is 10.3. The topological polar surface area (TPSA) is 80.4 Å². The van der Waals surface area contributed by atoms with E-state index < -0.39 is 5.91 Å². The van der Waals surface area contributed by atoms with Gasteiger partial charge in [0.25, 0.3) is 5.56 Å². The number of rotatable bonds is 5. The Morgan fingerprint density at radius 1 is 1.30 bits per heavy atom. The molecular formula is C16H15ClN2O4. The minimum Gasteiger partial charge on any atom is -0.493 e. The number of carbonyl (C=O) groups is 1. The molecule has 0 unspecified atom stereocenters. The van der Waals surface area contributed by atoms with E-state index in [9.17, 15) is 9.59 Å². The summed E-state index contributed by atoms with van der Waals surface area (Å²) in [6, 6.07) is 6.46. The summed E-state index contributed by atoms with van der Waals surface area (Å²) in [6.45, 7) is 0. The van der Waals surface area contributed by atoms with Crippen molar-refractivity contribution in [2.75, 3.05) is 19.5 Å². The van der Waals surface area contributed by atoms with Gasteiger partial charge in [-0.3, -0.25) is 9.59 Å². The number of hydrogen-bond donors (Lipinski definition) is 2. The number of anilines is 1. The van der Waals surface area contributed by atoms with E-state index >= 15 is 0 Å². The minimum atomic E-state index is -0.437. The lowest BCUT2D eigenvalue weighted by molar-refractivity contribution is -0.111. The first kappa shape index (κ1) is 16.6. The summed E-state index contributed by atoms with van der Waals surface area (Å²) in [6.07, 6.45) is 4.34. The number of aromatic nitrogens is 1. The van der Waals surface area contributed by atoms with Crippen molar-refractivity contribution >= 4 is 29.3 Å². The zero-order valence-electron chi connectivity index (χ0n) is 12.6. The highest BCUT2D eigenvalue weighted by molar-refractivity contribution is 6.32. The molecule has 0 spiro atoms. The van der Waals surface area contributed by atoms with Gasteiger partial charge in [-0.05, 0) is 35.9 Å². The van der Waals surface area contributed by atoms with Gasteiger partial charge in [-0.1, -0.05) is 11.6 Å². The fraction of sp³-hybridized carbons (Fsp3) is 0.125. The monoisotopic (exact) mass is 334 g/mol. The molecule has 0 saturated carbocycles. The van der Waals surface area contributed by atoms with Crippen LogP contribution in [0.2, 0.25) is 5.02 Å². The second kappa shape index (κ2) is 7.51. The Bertz CT molecular complexity index is 799. The van der Waals surface area contributed by atoms with Gasteiger partial charge in [0.15, 0.2) is 11.5 Å². The SMILES string of the molecule is COc1cc(/C=C\C(=O)Nc2ccc[nH]c2=O)cc(Cl)c1OC. The molecule has 120 valence electrons. The van der Waals surface area contributed by atoms with Gasteiger partial charge in [0.2, 0.25) is 5.91 Å². The van der Waals surface area contributed by atoms with E-state index in [0.29, 0.717) is 22.1 Å². The van der Waals surface area contributed by atoms with Gasteiger partial charge in [-0.15, -0.1) is 0 Å². The molecule has 0 atom stereocenters. The average molecular weight is 335 g/mol. The highest BCUT2D eigenvalue weighted by Crippen LogP contribution is 2.36. The first-order valence-corrected chi connectivity index (χ1v) is 7.01. The number of halogens is 1. The Morgan fingerprint density at radius 2 is 2.09 bits per heavy atom. The standard InChI is InChI=1S/C16H15ClN2O4/c1-22-13-9-10(8-11(17)15(13)23-2)5-6-14(20)19-12-4-3-7-18-16(12)21/h3-9H,1-2H3,(H,18,21)(H,19,20)/b6-5-. The summed E-state index contributed by atoms with van der Waals surface area (Å²) in [5.74, 6) is 0.443. The second-order valence-corrected chi connectivity index (χ2v) is 4.88. The van der Waals surface area contributed by atoms with E-state index in [-0.39, 0.29) is 11.2 Å². The normalized spacial score (nSPS) is 10.6. The molecule has 0 saturated heterocycles. The molecule has 6 nitrogen and oxygen atoms in total. The highest BCUT2D eigenvalue weighted by Gasteiger charge is 2.10. The molecule has 23 heavy (non-hydrogen) atoms. The summed E-state index contributed by atoms with van der Waals surface area (Å²) in [5, 5.41) is 2.85. The van der Waals surface area contributed by atoms with Gasteiger partial charge in [0, 0.05) is 12.3 Å². The van der Waals surface area contributed by atoms with Crippen molar-refractivity contribution in [1.82, 2.24) is 4.98 Å². The van der Waals surface area contributed by atoms with Crippen LogP contribution in [0.3, 0.4) is 0 Å². The Hall–Kier alpha value is -2.73. The van der Waals surface area contributed by atoms with Crippen LogP contribution in [0, 0.1) is 0 Å². The first-order chi connectivity index (χ1) is 11.0. The van der Waals surface area contributed by atoms with Gasteiger partial charge in [0.05, 0.1) is 19.2 Å². The van der Waals surface area contributed by atoms with Crippen LogP contribution in [-0.4, -0.2) is 25.1 Å². The third-order valence-electron chi connectivity index (χ3n) is 2.96. The molecule has 2 rings (SSSR count). The molecule has 0 fully saturated rings.